The predicted octanol–water partition coefficient (Wildman–Crippen LogP) is 13.7. The highest BCUT2D eigenvalue weighted by Gasteiger charge is 2.36. The molecule has 4 heteroatoms. The molecule has 0 fully saturated rings. The van der Waals surface area contributed by atoms with Crippen molar-refractivity contribution < 1.29 is 0 Å². The zero-order chi connectivity index (χ0) is 39.5. The Labute approximate surface area is 344 Å². The number of fused-ring (bicyclic) bond motifs is 5. The summed E-state index contributed by atoms with van der Waals surface area (Å²) in [5, 5.41) is 3.52. The molecule has 1 unspecified atom stereocenters. The summed E-state index contributed by atoms with van der Waals surface area (Å²) in [6.07, 6.45) is 8.02. The van der Waals surface area contributed by atoms with E-state index in [9.17, 15) is 0 Å². The van der Waals surface area contributed by atoms with Crippen molar-refractivity contribution >= 4 is 27.2 Å². The largest absolute Gasteiger partial charge is 0.248 e. The van der Waals surface area contributed by atoms with Gasteiger partial charge in [-0.1, -0.05) is 184 Å². The number of hydrogen-bond acceptors (Lipinski definition) is 4. The van der Waals surface area contributed by atoms with Crippen molar-refractivity contribution in [1.82, 2.24) is 19.9 Å². The molecule has 2 heterocycles. The van der Waals surface area contributed by atoms with Crippen molar-refractivity contribution in [3.63, 3.8) is 0 Å². The van der Waals surface area contributed by atoms with Crippen LogP contribution in [0.2, 0.25) is 0 Å². The molecule has 2 aliphatic rings. The fourth-order valence-corrected chi connectivity index (χ4v) is 9.24. The normalized spacial score (nSPS) is 15.2. The van der Waals surface area contributed by atoms with Crippen LogP contribution >= 0.6 is 0 Å². The second kappa shape index (κ2) is 14.0. The molecule has 7 aromatic carbocycles. The maximum absolute atomic E-state index is 5.32. The smallest absolute Gasteiger partial charge is 0.164 e. The molecule has 11 rings (SSSR count). The molecule has 0 saturated heterocycles. The van der Waals surface area contributed by atoms with Crippen molar-refractivity contribution in [1.29, 1.82) is 0 Å². The lowest BCUT2D eigenvalue weighted by atomic mass is 9.81. The van der Waals surface area contributed by atoms with Crippen molar-refractivity contribution in [2.24, 2.45) is 0 Å². The number of pyridine rings is 1. The van der Waals surface area contributed by atoms with Crippen LogP contribution in [0.5, 0.6) is 0 Å². The molecule has 0 N–H and O–H groups in total. The van der Waals surface area contributed by atoms with Crippen molar-refractivity contribution in [2.75, 3.05) is 0 Å². The van der Waals surface area contributed by atoms with Crippen LogP contribution < -0.4 is 0 Å². The number of nitrogens with zero attached hydrogens (tertiary/aromatic N) is 4. The third-order valence-corrected chi connectivity index (χ3v) is 12.3. The van der Waals surface area contributed by atoms with Crippen LogP contribution in [0.15, 0.2) is 188 Å². The van der Waals surface area contributed by atoms with Crippen LogP contribution in [-0.4, -0.2) is 19.9 Å². The number of rotatable bonds is 6. The maximum Gasteiger partial charge on any atom is 0.164 e. The lowest BCUT2D eigenvalue weighted by Crippen LogP contribution is -2.15. The molecule has 1 atom stereocenters. The predicted molar refractivity (Wildman–Crippen MR) is 243 cm³/mol. The topological polar surface area (TPSA) is 51.6 Å². The van der Waals surface area contributed by atoms with E-state index in [0.717, 1.165) is 45.3 Å². The summed E-state index contributed by atoms with van der Waals surface area (Å²) in [5.41, 5.74) is 15.0. The van der Waals surface area contributed by atoms with E-state index in [1.807, 2.05) is 36.4 Å². The summed E-state index contributed by atoms with van der Waals surface area (Å²) in [5.74, 6) is 2.19. The van der Waals surface area contributed by atoms with E-state index in [4.69, 9.17) is 19.9 Å². The molecule has 9 aromatic rings. The van der Waals surface area contributed by atoms with Gasteiger partial charge in [0.15, 0.2) is 17.5 Å². The Hall–Kier alpha value is -7.30. The minimum absolute atomic E-state index is 0.0991. The minimum atomic E-state index is -0.0991. The van der Waals surface area contributed by atoms with Gasteiger partial charge in [0, 0.05) is 39.0 Å². The Balaban J connectivity index is 0.997. The Kier molecular flexibility index (Phi) is 8.26. The summed E-state index contributed by atoms with van der Waals surface area (Å²) in [6.45, 7) is 4.67. The van der Waals surface area contributed by atoms with Gasteiger partial charge >= 0.3 is 0 Å². The van der Waals surface area contributed by atoms with Gasteiger partial charge < -0.3 is 0 Å². The van der Waals surface area contributed by atoms with Crippen molar-refractivity contribution in [3.05, 3.63) is 210 Å². The van der Waals surface area contributed by atoms with Gasteiger partial charge in [0.2, 0.25) is 0 Å². The fraction of sp³-hybridized carbons (Fsp3) is 0.0909. The van der Waals surface area contributed by atoms with Crippen LogP contribution in [0.4, 0.5) is 0 Å². The Morgan fingerprint density at radius 1 is 0.458 bits per heavy atom. The molecule has 2 aromatic heterocycles. The molecule has 0 aliphatic heterocycles. The molecule has 4 nitrogen and oxygen atoms in total. The van der Waals surface area contributed by atoms with E-state index in [1.54, 1.807) is 0 Å². The van der Waals surface area contributed by atoms with E-state index in [2.05, 4.69) is 166 Å². The third kappa shape index (κ3) is 5.99. The monoisotopic (exact) mass is 756 g/mol. The SMILES string of the molecule is CC1(C)c2ccccc2-c2cc3c(C4=CCC(c5ccc(-c6nc(-c7ccccc7)nc(-c7ccccc7)n6)c6ccccc56)C=C4)cc(-c4ccccc4)nc3cc21. The molecule has 0 bridgehead atoms. The van der Waals surface area contributed by atoms with Gasteiger partial charge in [0.05, 0.1) is 11.2 Å². The van der Waals surface area contributed by atoms with Gasteiger partial charge in [-0.2, -0.15) is 0 Å². The van der Waals surface area contributed by atoms with Gasteiger partial charge in [0.25, 0.3) is 0 Å². The molecule has 0 spiro atoms. The van der Waals surface area contributed by atoms with Crippen LogP contribution in [-0.2, 0) is 5.41 Å². The molecular weight excluding hydrogens is 717 g/mol. The van der Waals surface area contributed by atoms with Gasteiger partial charge in [-0.3, -0.25) is 0 Å². The molecular formula is C55H40N4. The maximum atomic E-state index is 5.32. The zero-order valence-corrected chi connectivity index (χ0v) is 33.0. The summed E-state index contributed by atoms with van der Waals surface area (Å²) in [7, 11) is 0. The number of hydrogen-bond donors (Lipinski definition) is 0. The van der Waals surface area contributed by atoms with Crippen molar-refractivity contribution in [3.8, 4) is 56.5 Å². The van der Waals surface area contributed by atoms with E-state index in [1.165, 1.54) is 49.7 Å². The van der Waals surface area contributed by atoms with E-state index >= 15 is 0 Å². The highest BCUT2D eigenvalue weighted by molar-refractivity contribution is 6.02. The highest BCUT2D eigenvalue weighted by Crippen LogP contribution is 2.50. The summed E-state index contributed by atoms with van der Waals surface area (Å²) >= 11 is 0. The Morgan fingerprint density at radius 2 is 1.07 bits per heavy atom. The van der Waals surface area contributed by atoms with Crippen LogP contribution in [0, 0.1) is 0 Å². The van der Waals surface area contributed by atoms with E-state index in [-0.39, 0.29) is 11.3 Å². The molecule has 0 amide bonds. The zero-order valence-electron chi connectivity index (χ0n) is 33.0. The van der Waals surface area contributed by atoms with Gasteiger partial charge in [-0.05, 0) is 74.3 Å². The Bertz CT molecular complexity index is 3090. The Morgan fingerprint density at radius 3 is 1.75 bits per heavy atom. The number of aromatic nitrogens is 4. The van der Waals surface area contributed by atoms with E-state index in [0.29, 0.717) is 17.5 Å². The van der Waals surface area contributed by atoms with E-state index < -0.39 is 0 Å². The second-order valence-corrected chi connectivity index (χ2v) is 16.2. The first-order valence-electron chi connectivity index (χ1n) is 20.4. The number of allylic oxidation sites excluding steroid dienone is 4. The van der Waals surface area contributed by atoms with Crippen molar-refractivity contribution in [2.45, 2.75) is 31.6 Å². The van der Waals surface area contributed by atoms with Gasteiger partial charge in [-0.15, -0.1) is 0 Å². The standard InChI is InChI=1S/C55H40N4/c1-55(2)48-25-15-14-24-43(48)46-32-47-45(33-50(37-16-6-3-7-17-37)56-51(47)34-49(46)55)36-28-26-35(27-29-36)40-30-31-44(42-23-13-12-22-41(40)42)54-58-52(38-18-8-4-9-19-38)57-53(59-54)39-20-10-5-11-21-39/h3-26,28-35H,27H2,1-2H3. The molecule has 0 radical (unpaired) electrons. The molecule has 2 aliphatic carbocycles. The first-order chi connectivity index (χ1) is 29.0. The van der Waals surface area contributed by atoms with Crippen LogP contribution in [0.25, 0.3) is 83.8 Å². The fourth-order valence-electron chi connectivity index (χ4n) is 9.24. The molecule has 59 heavy (non-hydrogen) atoms. The molecule has 280 valence electrons. The summed E-state index contributed by atoms with van der Waals surface area (Å²) in [4.78, 5) is 20.4. The van der Waals surface area contributed by atoms with Crippen LogP contribution in [0.1, 0.15) is 48.4 Å². The summed E-state index contributed by atoms with van der Waals surface area (Å²) < 4.78 is 0. The quantitative estimate of drug-likeness (QED) is 0.170. The molecule has 0 saturated carbocycles. The van der Waals surface area contributed by atoms with Gasteiger partial charge in [0.1, 0.15) is 0 Å². The lowest BCUT2D eigenvalue weighted by Gasteiger charge is -2.23. The first-order valence-corrected chi connectivity index (χ1v) is 20.4. The van der Waals surface area contributed by atoms with Crippen LogP contribution in [0.3, 0.4) is 0 Å². The second-order valence-electron chi connectivity index (χ2n) is 16.2. The first kappa shape index (κ1) is 34.9. The summed E-state index contributed by atoms with van der Waals surface area (Å²) in [6, 6.07) is 59.9. The van der Waals surface area contributed by atoms with Gasteiger partial charge in [-0.25, -0.2) is 19.9 Å². The third-order valence-electron chi connectivity index (χ3n) is 12.3. The highest BCUT2D eigenvalue weighted by atomic mass is 15.0. The number of benzene rings is 7. The minimum Gasteiger partial charge on any atom is -0.248 e. The average Bonchev–Trinajstić information content (AvgIpc) is 3.53. The average molecular weight is 757 g/mol. The lowest BCUT2D eigenvalue weighted by molar-refractivity contribution is 0.661.